The Labute approximate surface area is 65.6 Å². The van der Waals surface area contributed by atoms with Crippen LogP contribution in [0.2, 0.25) is 0 Å². The number of allylic oxidation sites excluding steroid dienone is 2. The normalized spacial score (nSPS) is 13.3. The summed E-state index contributed by atoms with van der Waals surface area (Å²) in [6.07, 6.45) is 2.44. The van der Waals surface area contributed by atoms with E-state index in [-0.39, 0.29) is 18.1 Å². The van der Waals surface area contributed by atoms with Gasteiger partial charge in [-0.3, -0.25) is 0 Å². The lowest BCUT2D eigenvalue weighted by Gasteiger charge is -1.94. The molecular formula is C8H12O3. The van der Waals surface area contributed by atoms with Crippen molar-refractivity contribution in [1.29, 1.82) is 0 Å². The van der Waals surface area contributed by atoms with Crippen LogP contribution in [-0.4, -0.2) is 21.9 Å². The molecule has 0 heterocycles. The van der Waals surface area contributed by atoms with Crippen molar-refractivity contribution in [3.05, 3.63) is 35.8 Å². The molecule has 62 valence electrons. The molecule has 0 aromatic rings. The number of hydrogen-bond acceptors (Lipinski definition) is 3. The molecule has 3 N–H and O–H groups in total. The van der Waals surface area contributed by atoms with E-state index < -0.39 is 0 Å². The predicted molar refractivity (Wildman–Crippen MR) is 43.3 cm³/mol. The van der Waals surface area contributed by atoms with Crippen LogP contribution < -0.4 is 0 Å². The third-order valence-corrected chi connectivity index (χ3v) is 0.912. The SMILES string of the molecule is C=C(/C=C(O)\C=C(/C)O)CO. The van der Waals surface area contributed by atoms with Gasteiger partial charge in [-0.1, -0.05) is 6.58 Å². The zero-order valence-electron chi connectivity index (χ0n) is 6.41. The maximum absolute atomic E-state index is 8.97. The molecule has 11 heavy (non-hydrogen) atoms. The van der Waals surface area contributed by atoms with Crippen LogP contribution in [0, 0.1) is 0 Å². The standard InChI is InChI=1S/C8H12O3/c1-6(5-9)3-8(11)4-7(2)10/h3-4,9-11H,1,5H2,2H3/b7-4+,8-3+. The molecule has 0 atom stereocenters. The van der Waals surface area contributed by atoms with Gasteiger partial charge in [-0.25, -0.2) is 0 Å². The fraction of sp³-hybridized carbons (Fsp3) is 0.250. The quantitative estimate of drug-likeness (QED) is 0.428. The van der Waals surface area contributed by atoms with Crippen LogP contribution in [0.25, 0.3) is 0 Å². The summed E-state index contributed by atoms with van der Waals surface area (Å²) in [5.74, 6) is -0.117. The van der Waals surface area contributed by atoms with Crippen LogP contribution in [0.15, 0.2) is 35.8 Å². The van der Waals surface area contributed by atoms with Gasteiger partial charge in [-0.15, -0.1) is 0 Å². The van der Waals surface area contributed by atoms with E-state index in [2.05, 4.69) is 6.58 Å². The van der Waals surface area contributed by atoms with E-state index >= 15 is 0 Å². The number of hydrogen-bond donors (Lipinski definition) is 3. The summed E-state index contributed by atoms with van der Waals surface area (Å²) in [7, 11) is 0. The van der Waals surface area contributed by atoms with Crippen molar-refractivity contribution in [3.63, 3.8) is 0 Å². The molecule has 0 saturated carbocycles. The second kappa shape index (κ2) is 4.57. The van der Waals surface area contributed by atoms with Gasteiger partial charge in [-0.05, 0) is 18.6 Å². The molecule has 0 saturated heterocycles. The molecule has 0 spiro atoms. The molecule has 0 bridgehead atoms. The highest BCUT2D eigenvalue weighted by Gasteiger charge is 1.90. The van der Waals surface area contributed by atoms with Crippen molar-refractivity contribution in [2.45, 2.75) is 6.92 Å². The Morgan fingerprint density at radius 1 is 1.36 bits per heavy atom. The third kappa shape index (κ3) is 5.24. The Morgan fingerprint density at radius 3 is 2.27 bits per heavy atom. The monoisotopic (exact) mass is 156 g/mol. The van der Waals surface area contributed by atoms with E-state index in [1.807, 2.05) is 0 Å². The molecule has 0 aliphatic carbocycles. The van der Waals surface area contributed by atoms with Gasteiger partial charge in [0.25, 0.3) is 0 Å². The smallest absolute Gasteiger partial charge is 0.119 e. The minimum atomic E-state index is -0.206. The van der Waals surface area contributed by atoms with E-state index in [0.717, 1.165) is 0 Å². The second-order valence-corrected chi connectivity index (χ2v) is 2.17. The molecule has 0 aromatic heterocycles. The summed E-state index contributed by atoms with van der Waals surface area (Å²) < 4.78 is 0. The summed E-state index contributed by atoms with van der Waals surface area (Å²) >= 11 is 0. The van der Waals surface area contributed by atoms with Gasteiger partial charge < -0.3 is 15.3 Å². The van der Waals surface area contributed by atoms with Crippen LogP contribution in [0.1, 0.15) is 6.92 Å². The summed E-state index contributed by atoms with van der Waals surface area (Å²) in [6.45, 7) is 4.65. The predicted octanol–water partition coefficient (Wildman–Crippen LogP) is 1.44. The Morgan fingerprint density at radius 2 is 1.91 bits per heavy atom. The highest BCUT2D eigenvalue weighted by molar-refractivity contribution is 5.24. The zero-order chi connectivity index (χ0) is 8.85. The van der Waals surface area contributed by atoms with Crippen molar-refractivity contribution in [2.24, 2.45) is 0 Å². The summed E-state index contributed by atoms with van der Waals surface area (Å²) in [4.78, 5) is 0. The van der Waals surface area contributed by atoms with E-state index in [1.165, 1.54) is 19.1 Å². The molecule has 0 radical (unpaired) electrons. The molecule has 0 fully saturated rings. The lowest BCUT2D eigenvalue weighted by atomic mass is 10.2. The molecule has 0 amide bonds. The minimum Gasteiger partial charge on any atom is -0.512 e. The molecule has 3 nitrogen and oxygen atoms in total. The maximum Gasteiger partial charge on any atom is 0.119 e. The summed E-state index contributed by atoms with van der Waals surface area (Å²) in [5.41, 5.74) is 0.389. The third-order valence-electron chi connectivity index (χ3n) is 0.912. The molecular weight excluding hydrogens is 144 g/mol. The molecule has 0 aliphatic heterocycles. The van der Waals surface area contributed by atoms with Gasteiger partial charge in [0.2, 0.25) is 0 Å². The van der Waals surface area contributed by atoms with Gasteiger partial charge in [0.05, 0.1) is 12.4 Å². The van der Waals surface area contributed by atoms with Crippen molar-refractivity contribution in [1.82, 2.24) is 0 Å². The Balaban J connectivity index is 4.23. The minimum absolute atomic E-state index is 0.00416. The maximum atomic E-state index is 8.97. The van der Waals surface area contributed by atoms with Gasteiger partial charge in [0.1, 0.15) is 5.76 Å². The number of rotatable bonds is 3. The Hall–Kier alpha value is -1.22. The Bertz CT molecular complexity index is 197. The fourth-order valence-electron chi connectivity index (χ4n) is 0.510. The van der Waals surface area contributed by atoms with E-state index in [1.54, 1.807) is 0 Å². The van der Waals surface area contributed by atoms with Gasteiger partial charge >= 0.3 is 0 Å². The first-order valence-corrected chi connectivity index (χ1v) is 3.13. The summed E-state index contributed by atoms with van der Waals surface area (Å²) in [6, 6.07) is 0. The van der Waals surface area contributed by atoms with Crippen molar-refractivity contribution < 1.29 is 15.3 Å². The second-order valence-electron chi connectivity index (χ2n) is 2.17. The highest BCUT2D eigenvalue weighted by Crippen LogP contribution is 2.00. The van der Waals surface area contributed by atoms with Crippen LogP contribution in [0.3, 0.4) is 0 Å². The van der Waals surface area contributed by atoms with Crippen molar-refractivity contribution >= 4 is 0 Å². The van der Waals surface area contributed by atoms with Crippen LogP contribution in [0.4, 0.5) is 0 Å². The number of aliphatic hydroxyl groups is 3. The van der Waals surface area contributed by atoms with Crippen molar-refractivity contribution in [3.8, 4) is 0 Å². The van der Waals surface area contributed by atoms with E-state index in [0.29, 0.717) is 5.57 Å². The van der Waals surface area contributed by atoms with E-state index in [4.69, 9.17) is 15.3 Å². The lowest BCUT2D eigenvalue weighted by molar-refractivity contribution is 0.333. The fourth-order valence-corrected chi connectivity index (χ4v) is 0.510. The van der Waals surface area contributed by atoms with Crippen LogP contribution in [-0.2, 0) is 0 Å². The average Bonchev–Trinajstić information content (AvgIpc) is 1.85. The number of aliphatic hydroxyl groups excluding tert-OH is 3. The first-order valence-electron chi connectivity index (χ1n) is 3.13. The first-order chi connectivity index (χ1) is 5.06. The molecule has 0 aromatic carbocycles. The van der Waals surface area contributed by atoms with Crippen molar-refractivity contribution in [2.75, 3.05) is 6.61 Å². The zero-order valence-corrected chi connectivity index (χ0v) is 6.41. The van der Waals surface area contributed by atoms with Crippen LogP contribution in [0.5, 0.6) is 0 Å². The lowest BCUT2D eigenvalue weighted by Crippen LogP contribution is -1.86. The average molecular weight is 156 g/mol. The van der Waals surface area contributed by atoms with Gasteiger partial charge in [-0.2, -0.15) is 0 Å². The molecule has 0 rings (SSSR count). The van der Waals surface area contributed by atoms with E-state index in [9.17, 15) is 0 Å². The largest absolute Gasteiger partial charge is 0.512 e. The molecule has 0 aliphatic rings. The molecule has 0 unspecified atom stereocenters. The van der Waals surface area contributed by atoms with Gasteiger partial charge in [0.15, 0.2) is 0 Å². The van der Waals surface area contributed by atoms with Crippen LogP contribution >= 0.6 is 0 Å². The van der Waals surface area contributed by atoms with Gasteiger partial charge in [0, 0.05) is 6.08 Å². The Kier molecular flexibility index (Phi) is 4.07. The highest BCUT2D eigenvalue weighted by atomic mass is 16.3. The topological polar surface area (TPSA) is 60.7 Å². The first kappa shape index (κ1) is 9.78. The molecule has 3 heteroatoms. The summed E-state index contributed by atoms with van der Waals surface area (Å²) in [5, 5.41) is 26.1.